The zero-order valence-electron chi connectivity index (χ0n) is 8.91. The number of carbonyl (C=O) groups is 1. The summed E-state index contributed by atoms with van der Waals surface area (Å²) in [6, 6.07) is 0. The molecule has 4 nitrogen and oxygen atoms in total. The van der Waals surface area contributed by atoms with Gasteiger partial charge in [-0.15, -0.1) is 6.42 Å². The number of hydrogen-bond donors (Lipinski definition) is 1. The van der Waals surface area contributed by atoms with Gasteiger partial charge >= 0.3 is 0 Å². The van der Waals surface area contributed by atoms with Gasteiger partial charge in [0.1, 0.15) is 0 Å². The fourth-order valence-corrected chi connectivity index (χ4v) is 1.98. The number of carbonyl (C=O) groups excluding carboxylic acids is 1. The third kappa shape index (κ3) is 2.31. The van der Waals surface area contributed by atoms with Crippen LogP contribution in [-0.4, -0.2) is 61.5 Å². The molecule has 4 heteroatoms. The van der Waals surface area contributed by atoms with Gasteiger partial charge in [-0.2, -0.15) is 0 Å². The monoisotopic (exact) mass is 207 g/mol. The van der Waals surface area contributed by atoms with E-state index in [2.05, 4.69) is 16.1 Å². The van der Waals surface area contributed by atoms with Gasteiger partial charge in [-0.25, -0.2) is 0 Å². The number of rotatable bonds is 2. The molecular weight excluding hydrogens is 190 g/mol. The Balaban J connectivity index is 1.77. The lowest BCUT2D eigenvalue weighted by Crippen LogP contribution is -2.56. The molecule has 0 atom stereocenters. The van der Waals surface area contributed by atoms with Crippen LogP contribution in [0.5, 0.6) is 0 Å². The molecular formula is C11H17N3O. The van der Waals surface area contributed by atoms with E-state index in [4.69, 9.17) is 6.42 Å². The van der Waals surface area contributed by atoms with Crippen molar-refractivity contribution in [3.63, 3.8) is 0 Å². The normalized spacial score (nSPS) is 23.3. The highest BCUT2D eigenvalue weighted by atomic mass is 16.2. The minimum Gasteiger partial charge on any atom is -0.340 e. The highest BCUT2D eigenvalue weighted by molar-refractivity contribution is 5.80. The molecule has 82 valence electrons. The Labute approximate surface area is 90.6 Å². The molecule has 2 rings (SSSR count). The topological polar surface area (TPSA) is 35.6 Å². The molecule has 15 heavy (non-hydrogen) atoms. The van der Waals surface area contributed by atoms with Crippen LogP contribution >= 0.6 is 0 Å². The molecule has 1 N–H and O–H groups in total. The second-order valence-electron chi connectivity index (χ2n) is 4.16. The third-order valence-electron chi connectivity index (χ3n) is 3.13. The highest BCUT2D eigenvalue weighted by Gasteiger charge is 2.30. The molecule has 2 heterocycles. The summed E-state index contributed by atoms with van der Waals surface area (Å²) in [4.78, 5) is 16.1. The van der Waals surface area contributed by atoms with Crippen LogP contribution in [0.2, 0.25) is 0 Å². The Bertz CT molecular complexity index is 272. The molecule has 1 amide bonds. The van der Waals surface area contributed by atoms with Gasteiger partial charge in [0.2, 0.25) is 5.91 Å². The Kier molecular flexibility index (Phi) is 3.24. The maximum Gasteiger partial charge on any atom is 0.228 e. The van der Waals surface area contributed by atoms with Gasteiger partial charge in [0.25, 0.3) is 0 Å². The summed E-state index contributed by atoms with van der Waals surface area (Å²) in [5.41, 5.74) is 0. The Hall–Kier alpha value is -1.05. The maximum atomic E-state index is 11.9. The van der Waals surface area contributed by atoms with Crippen molar-refractivity contribution in [2.24, 2.45) is 5.92 Å². The summed E-state index contributed by atoms with van der Waals surface area (Å²) in [5, 5.41) is 3.13. The van der Waals surface area contributed by atoms with E-state index in [1.807, 2.05) is 4.90 Å². The lowest BCUT2D eigenvalue weighted by molar-refractivity contribution is -0.138. The van der Waals surface area contributed by atoms with E-state index >= 15 is 0 Å². The van der Waals surface area contributed by atoms with E-state index in [-0.39, 0.29) is 5.92 Å². The van der Waals surface area contributed by atoms with Gasteiger partial charge in [0.15, 0.2) is 0 Å². The van der Waals surface area contributed by atoms with Crippen molar-refractivity contribution in [1.29, 1.82) is 0 Å². The Morgan fingerprint density at radius 2 is 2.00 bits per heavy atom. The molecule has 0 aromatic carbocycles. The van der Waals surface area contributed by atoms with Crippen LogP contribution in [0.25, 0.3) is 0 Å². The summed E-state index contributed by atoms with van der Waals surface area (Å²) in [7, 11) is 0. The second kappa shape index (κ2) is 4.65. The molecule has 0 radical (unpaired) electrons. The lowest BCUT2D eigenvalue weighted by Gasteiger charge is -2.37. The van der Waals surface area contributed by atoms with Crippen LogP contribution in [0.4, 0.5) is 0 Å². The van der Waals surface area contributed by atoms with Crippen LogP contribution in [-0.2, 0) is 4.79 Å². The van der Waals surface area contributed by atoms with Gasteiger partial charge in [-0.05, 0) is 0 Å². The van der Waals surface area contributed by atoms with E-state index in [0.29, 0.717) is 12.5 Å². The predicted molar refractivity (Wildman–Crippen MR) is 58.2 cm³/mol. The van der Waals surface area contributed by atoms with E-state index in [9.17, 15) is 4.79 Å². The summed E-state index contributed by atoms with van der Waals surface area (Å²) < 4.78 is 0. The first kappa shape index (κ1) is 10.5. The van der Waals surface area contributed by atoms with Gasteiger partial charge in [-0.3, -0.25) is 9.69 Å². The number of hydrogen-bond acceptors (Lipinski definition) is 3. The van der Waals surface area contributed by atoms with Gasteiger partial charge in [0.05, 0.1) is 12.5 Å². The molecule has 0 aromatic heterocycles. The molecule has 0 spiro atoms. The van der Waals surface area contributed by atoms with Crippen molar-refractivity contribution >= 4 is 5.91 Å². The highest BCUT2D eigenvalue weighted by Crippen LogP contribution is 2.10. The van der Waals surface area contributed by atoms with Crippen molar-refractivity contribution in [3.8, 4) is 12.3 Å². The van der Waals surface area contributed by atoms with Crippen LogP contribution in [0.3, 0.4) is 0 Å². The first-order valence-electron chi connectivity index (χ1n) is 5.46. The van der Waals surface area contributed by atoms with Crippen molar-refractivity contribution in [3.05, 3.63) is 0 Å². The molecule has 0 bridgehead atoms. The van der Waals surface area contributed by atoms with E-state index < -0.39 is 0 Å². The summed E-state index contributed by atoms with van der Waals surface area (Å²) >= 11 is 0. The first-order chi connectivity index (χ1) is 7.31. The quantitative estimate of drug-likeness (QED) is 0.589. The molecule has 2 saturated heterocycles. The number of piperazine rings is 1. The van der Waals surface area contributed by atoms with Gasteiger partial charge in [0, 0.05) is 39.3 Å². The largest absolute Gasteiger partial charge is 0.340 e. The lowest BCUT2D eigenvalue weighted by atomic mass is 10.0. The number of nitrogens with one attached hydrogen (secondary N) is 1. The van der Waals surface area contributed by atoms with E-state index in [1.54, 1.807) is 0 Å². The molecule has 2 aliphatic rings. The molecule has 0 unspecified atom stereocenters. The van der Waals surface area contributed by atoms with Crippen LogP contribution in [0, 0.1) is 18.3 Å². The SMILES string of the molecule is C#CCN1CCN(C(=O)C2CNC2)CC1. The van der Waals surface area contributed by atoms with Gasteiger partial charge < -0.3 is 10.2 Å². The van der Waals surface area contributed by atoms with E-state index in [0.717, 1.165) is 39.3 Å². The number of terminal acetylenes is 1. The smallest absolute Gasteiger partial charge is 0.228 e. The van der Waals surface area contributed by atoms with Crippen molar-refractivity contribution < 1.29 is 4.79 Å². The van der Waals surface area contributed by atoms with Crippen molar-refractivity contribution in [2.45, 2.75) is 0 Å². The minimum atomic E-state index is 0.226. The third-order valence-corrected chi connectivity index (χ3v) is 3.13. The predicted octanol–water partition coefficient (Wildman–Crippen LogP) is -1.02. The number of amides is 1. The van der Waals surface area contributed by atoms with Crippen LogP contribution in [0.1, 0.15) is 0 Å². The van der Waals surface area contributed by atoms with Crippen LogP contribution in [0.15, 0.2) is 0 Å². The Morgan fingerprint density at radius 3 is 2.47 bits per heavy atom. The zero-order chi connectivity index (χ0) is 10.7. The summed E-state index contributed by atoms with van der Waals surface area (Å²) in [6.07, 6.45) is 5.25. The second-order valence-corrected chi connectivity index (χ2v) is 4.16. The molecule has 0 aromatic rings. The molecule has 2 fully saturated rings. The van der Waals surface area contributed by atoms with Crippen molar-refractivity contribution in [2.75, 3.05) is 45.8 Å². The molecule has 0 saturated carbocycles. The average molecular weight is 207 g/mol. The summed E-state index contributed by atoms with van der Waals surface area (Å²) in [6.45, 7) is 5.89. The fourth-order valence-electron chi connectivity index (χ4n) is 1.98. The zero-order valence-corrected chi connectivity index (χ0v) is 8.91. The fraction of sp³-hybridized carbons (Fsp3) is 0.727. The standard InChI is InChI=1S/C11H17N3O/c1-2-3-13-4-6-14(7-5-13)11(15)10-8-12-9-10/h1,10,12H,3-9H2. The van der Waals surface area contributed by atoms with Crippen LogP contribution < -0.4 is 5.32 Å². The van der Waals surface area contributed by atoms with Gasteiger partial charge in [-0.1, -0.05) is 5.92 Å². The first-order valence-corrected chi connectivity index (χ1v) is 5.46. The molecule has 0 aliphatic carbocycles. The summed E-state index contributed by atoms with van der Waals surface area (Å²) in [5.74, 6) is 3.18. The minimum absolute atomic E-state index is 0.226. The average Bonchev–Trinajstić information content (AvgIpc) is 2.16. The maximum absolute atomic E-state index is 11.9. The number of nitrogens with zero attached hydrogens (tertiary/aromatic N) is 2. The molecule has 2 aliphatic heterocycles. The van der Waals surface area contributed by atoms with Crippen molar-refractivity contribution in [1.82, 2.24) is 15.1 Å². The van der Waals surface area contributed by atoms with E-state index in [1.165, 1.54) is 0 Å². The Morgan fingerprint density at radius 1 is 1.33 bits per heavy atom.